The lowest BCUT2D eigenvalue weighted by Crippen LogP contribution is -2.57. The van der Waals surface area contributed by atoms with E-state index >= 15 is 0 Å². The number of nitrogens with zero attached hydrogens (tertiary/aromatic N) is 3. The van der Waals surface area contributed by atoms with E-state index in [0.717, 1.165) is 38.5 Å². The van der Waals surface area contributed by atoms with Crippen LogP contribution in [-0.4, -0.2) is 25.8 Å². The first-order valence-corrected chi connectivity index (χ1v) is 8.72. The molecule has 0 amide bonds. The first-order chi connectivity index (χ1) is 10.8. The molecule has 0 aliphatic heterocycles. The lowest BCUT2D eigenvalue weighted by Gasteiger charge is -2.60. The van der Waals surface area contributed by atoms with Gasteiger partial charge in [-0.3, -0.25) is 4.79 Å². The molecule has 4 aliphatic carbocycles. The molecule has 5 rings (SSSR count). The summed E-state index contributed by atoms with van der Waals surface area (Å²) in [6.07, 6.45) is 7.70. The Morgan fingerprint density at radius 3 is 2.61 bits per heavy atom. The van der Waals surface area contributed by atoms with Gasteiger partial charge in [0.15, 0.2) is 0 Å². The summed E-state index contributed by atoms with van der Waals surface area (Å²) in [5.74, 6) is 0.123. The van der Waals surface area contributed by atoms with Crippen LogP contribution in [0.5, 0.6) is 0 Å². The van der Waals surface area contributed by atoms with Crippen molar-refractivity contribution in [3.8, 4) is 0 Å². The molecule has 1 N–H and O–H groups in total. The van der Waals surface area contributed by atoms with Crippen LogP contribution in [0.25, 0.3) is 0 Å². The summed E-state index contributed by atoms with van der Waals surface area (Å²) >= 11 is 3.23. The minimum Gasteiger partial charge on any atom is -0.481 e. The van der Waals surface area contributed by atoms with E-state index in [1.165, 1.54) is 0 Å². The predicted octanol–water partition coefficient (Wildman–Crippen LogP) is 3.32. The lowest BCUT2D eigenvalue weighted by molar-refractivity contribution is -0.390. The van der Waals surface area contributed by atoms with Gasteiger partial charge in [0.2, 0.25) is 0 Å². The predicted molar refractivity (Wildman–Crippen MR) is 83.9 cm³/mol. The normalized spacial score (nSPS) is 38.0. The van der Waals surface area contributed by atoms with Gasteiger partial charge in [-0.15, -0.1) is 0 Å². The fourth-order valence-corrected chi connectivity index (χ4v) is 6.33. The van der Waals surface area contributed by atoms with Gasteiger partial charge in [-0.05, 0) is 76.6 Å². The van der Waals surface area contributed by atoms with Crippen LogP contribution in [0, 0.1) is 27.4 Å². The first kappa shape index (κ1) is 15.1. The van der Waals surface area contributed by atoms with Gasteiger partial charge in [0.1, 0.15) is 4.47 Å². The van der Waals surface area contributed by atoms with E-state index in [2.05, 4.69) is 21.0 Å². The average Bonchev–Trinajstić information content (AvgIpc) is 2.78. The summed E-state index contributed by atoms with van der Waals surface area (Å²) in [6, 6.07) is 0. The van der Waals surface area contributed by atoms with E-state index in [1.54, 1.807) is 10.9 Å². The minimum atomic E-state index is -0.741. The Morgan fingerprint density at radius 2 is 2.09 bits per heavy atom. The molecule has 124 valence electrons. The van der Waals surface area contributed by atoms with E-state index in [1.807, 2.05) is 0 Å². The van der Waals surface area contributed by atoms with Gasteiger partial charge in [-0.25, -0.2) is 0 Å². The zero-order valence-corrected chi connectivity index (χ0v) is 14.2. The van der Waals surface area contributed by atoms with Crippen molar-refractivity contribution in [2.45, 2.75) is 50.5 Å². The molecule has 2 atom stereocenters. The summed E-state index contributed by atoms with van der Waals surface area (Å²) in [6.45, 7) is 0. The van der Waals surface area contributed by atoms with Crippen LogP contribution in [0.4, 0.5) is 5.82 Å². The molecular formula is C15H18BrN3O4. The molecule has 0 spiro atoms. The third-order valence-electron chi connectivity index (χ3n) is 5.99. The lowest BCUT2D eigenvalue weighted by atomic mass is 9.46. The third kappa shape index (κ3) is 2.29. The minimum absolute atomic E-state index is 0.159. The standard InChI is InChI=1S/C15H18BrN3O4/c16-11-7-18(17-13(11)19(22)23)15-4-9-1-10(5-15)3-14(2-9,8-15)6-12(20)21/h7,9-10H,1-6,8H2,(H,20,21)/t9-,10-,14?,15?/m0/s1. The molecule has 4 aliphatic rings. The average molecular weight is 384 g/mol. The van der Waals surface area contributed by atoms with Crippen molar-refractivity contribution >= 4 is 27.7 Å². The highest BCUT2D eigenvalue weighted by molar-refractivity contribution is 9.10. The number of hydrogen-bond donors (Lipinski definition) is 1. The summed E-state index contributed by atoms with van der Waals surface area (Å²) < 4.78 is 2.16. The van der Waals surface area contributed by atoms with Crippen LogP contribution < -0.4 is 0 Å². The van der Waals surface area contributed by atoms with Crippen LogP contribution in [0.3, 0.4) is 0 Å². The maximum absolute atomic E-state index is 11.4. The zero-order valence-electron chi connectivity index (χ0n) is 12.6. The molecule has 7 nitrogen and oxygen atoms in total. The second kappa shape index (κ2) is 4.78. The van der Waals surface area contributed by atoms with Gasteiger partial charge in [0.25, 0.3) is 0 Å². The molecule has 23 heavy (non-hydrogen) atoms. The smallest absolute Gasteiger partial charge is 0.404 e. The maximum Gasteiger partial charge on any atom is 0.404 e. The van der Waals surface area contributed by atoms with Gasteiger partial charge in [-0.1, -0.05) is 0 Å². The van der Waals surface area contributed by atoms with Crippen molar-refractivity contribution in [2.75, 3.05) is 0 Å². The number of carboxylic acid groups (broad SMARTS) is 1. The Hall–Kier alpha value is -1.44. The summed E-state index contributed by atoms with van der Waals surface area (Å²) in [7, 11) is 0. The molecule has 4 saturated carbocycles. The Labute approximate surface area is 141 Å². The number of carbonyl (C=O) groups is 1. The van der Waals surface area contributed by atoms with Gasteiger partial charge < -0.3 is 15.2 Å². The number of halogens is 1. The number of aliphatic carboxylic acids is 1. The highest BCUT2D eigenvalue weighted by Crippen LogP contribution is 2.65. The van der Waals surface area contributed by atoms with E-state index in [4.69, 9.17) is 0 Å². The van der Waals surface area contributed by atoms with Crippen molar-refractivity contribution in [3.63, 3.8) is 0 Å². The van der Waals surface area contributed by atoms with Crippen molar-refractivity contribution in [1.29, 1.82) is 0 Å². The zero-order chi connectivity index (χ0) is 16.4. The van der Waals surface area contributed by atoms with Crippen molar-refractivity contribution in [1.82, 2.24) is 9.78 Å². The number of rotatable bonds is 4. The fourth-order valence-electron chi connectivity index (χ4n) is 5.91. The SMILES string of the molecule is O=C(O)CC12C[C@@H]3C[C@@H](C1)CC(n1cc(Br)c([N+](=O)[O-])n1)(C3)C2. The molecule has 4 bridgehead atoms. The number of carboxylic acids is 1. The van der Waals surface area contributed by atoms with E-state index in [9.17, 15) is 20.0 Å². The second-order valence-electron chi connectivity index (χ2n) is 7.76. The third-order valence-corrected chi connectivity index (χ3v) is 6.55. The molecule has 1 heterocycles. The molecule has 1 aromatic rings. The van der Waals surface area contributed by atoms with Gasteiger partial charge in [0.05, 0.1) is 23.3 Å². The molecule has 0 aromatic carbocycles. The van der Waals surface area contributed by atoms with Crippen LogP contribution >= 0.6 is 15.9 Å². The highest BCUT2D eigenvalue weighted by atomic mass is 79.9. The number of aromatic nitrogens is 2. The van der Waals surface area contributed by atoms with Gasteiger partial charge in [0, 0.05) is 0 Å². The largest absolute Gasteiger partial charge is 0.481 e. The molecule has 0 unspecified atom stereocenters. The Bertz CT molecular complexity index is 687. The monoisotopic (exact) mass is 383 g/mol. The van der Waals surface area contributed by atoms with E-state index in [0.29, 0.717) is 16.3 Å². The van der Waals surface area contributed by atoms with Crippen LogP contribution in [0.2, 0.25) is 0 Å². The molecule has 0 saturated heterocycles. The number of hydrogen-bond acceptors (Lipinski definition) is 4. The summed E-state index contributed by atoms with van der Waals surface area (Å²) in [5, 5.41) is 24.7. The highest BCUT2D eigenvalue weighted by Gasteiger charge is 2.60. The number of nitro groups is 1. The van der Waals surface area contributed by atoms with Gasteiger partial charge in [-0.2, -0.15) is 4.68 Å². The summed E-state index contributed by atoms with van der Waals surface area (Å²) in [5.41, 5.74) is -0.417. The van der Waals surface area contributed by atoms with Crippen LogP contribution in [0.15, 0.2) is 10.7 Å². The summed E-state index contributed by atoms with van der Waals surface area (Å²) in [4.78, 5) is 22.0. The van der Waals surface area contributed by atoms with Crippen LogP contribution in [0.1, 0.15) is 44.9 Å². The van der Waals surface area contributed by atoms with E-state index < -0.39 is 10.9 Å². The topological polar surface area (TPSA) is 98.3 Å². The first-order valence-electron chi connectivity index (χ1n) is 7.93. The maximum atomic E-state index is 11.4. The van der Waals surface area contributed by atoms with Crippen molar-refractivity contribution in [3.05, 3.63) is 20.8 Å². The van der Waals surface area contributed by atoms with Crippen LogP contribution in [-0.2, 0) is 10.3 Å². The van der Waals surface area contributed by atoms with Crippen molar-refractivity contribution < 1.29 is 14.8 Å². The van der Waals surface area contributed by atoms with Crippen molar-refractivity contribution in [2.24, 2.45) is 17.3 Å². The Morgan fingerprint density at radius 1 is 1.43 bits per heavy atom. The molecule has 0 radical (unpaired) electrons. The fraction of sp³-hybridized carbons (Fsp3) is 0.733. The molecule has 4 fully saturated rings. The van der Waals surface area contributed by atoms with Gasteiger partial charge >= 0.3 is 11.8 Å². The Kier molecular flexibility index (Phi) is 3.14. The second-order valence-corrected chi connectivity index (χ2v) is 8.61. The molecule has 8 heteroatoms. The quantitative estimate of drug-likeness (QED) is 0.634. The van der Waals surface area contributed by atoms with E-state index in [-0.39, 0.29) is 23.2 Å². The Balaban J connectivity index is 1.74. The molecular weight excluding hydrogens is 366 g/mol. The molecule has 1 aromatic heterocycles.